The van der Waals surface area contributed by atoms with Crippen LogP contribution >= 0.6 is 11.6 Å². The van der Waals surface area contributed by atoms with Crippen LogP contribution in [0.15, 0.2) is 54.6 Å². The van der Waals surface area contributed by atoms with Crippen LogP contribution in [-0.4, -0.2) is 48.3 Å². The number of amides is 1. The maximum absolute atomic E-state index is 13.7. The lowest BCUT2D eigenvalue weighted by atomic mass is 10.0. The highest BCUT2D eigenvalue weighted by atomic mass is 35.5. The fourth-order valence-corrected chi connectivity index (χ4v) is 5.99. The molecular formula is C23H23ClN2O3S. The van der Waals surface area contributed by atoms with Crippen LogP contribution in [0.3, 0.4) is 0 Å². The lowest BCUT2D eigenvalue weighted by molar-refractivity contribution is 0.0699. The third-order valence-electron chi connectivity index (χ3n) is 5.47. The van der Waals surface area contributed by atoms with E-state index in [2.05, 4.69) is 0 Å². The van der Waals surface area contributed by atoms with Crippen molar-refractivity contribution in [3.05, 3.63) is 65.2 Å². The van der Waals surface area contributed by atoms with Crippen molar-refractivity contribution >= 4 is 38.2 Å². The summed E-state index contributed by atoms with van der Waals surface area (Å²) < 4.78 is 24.1. The molecule has 0 saturated carbocycles. The van der Waals surface area contributed by atoms with Gasteiger partial charge in [-0.15, -0.1) is 0 Å². The second-order valence-corrected chi connectivity index (χ2v) is 10.2. The van der Waals surface area contributed by atoms with E-state index < -0.39 is 9.84 Å². The van der Waals surface area contributed by atoms with Crippen LogP contribution in [0.5, 0.6) is 0 Å². The zero-order valence-electron chi connectivity index (χ0n) is 16.7. The average molecular weight is 443 g/mol. The molecule has 0 N–H and O–H groups in total. The lowest BCUT2D eigenvalue weighted by Gasteiger charge is -2.28. The molecule has 1 aliphatic rings. The van der Waals surface area contributed by atoms with Gasteiger partial charge in [0.2, 0.25) is 0 Å². The molecule has 1 fully saturated rings. The second-order valence-electron chi connectivity index (χ2n) is 7.61. The standard InChI is InChI=1S/C23H23ClN2O3S/c1-2-12-26(16-11-13-30(28,29)15-16)23(27)19-14-22(18-8-3-5-9-20(18)24)25-21-10-6-4-7-17(19)21/h3-10,14,16H,2,11-13,15H2,1H3. The Bertz CT molecular complexity index is 1210. The minimum absolute atomic E-state index is 0.0269. The Balaban J connectivity index is 1.84. The summed E-state index contributed by atoms with van der Waals surface area (Å²) in [6, 6.07) is 16.4. The summed E-state index contributed by atoms with van der Waals surface area (Å²) >= 11 is 6.39. The Morgan fingerprint density at radius 3 is 2.60 bits per heavy atom. The number of aromatic nitrogens is 1. The molecule has 7 heteroatoms. The topological polar surface area (TPSA) is 67.3 Å². The van der Waals surface area contributed by atoms with Gasteiger partial charge in [0.25, 0.3) is 5.91 Å². The van der Waals surface area contributed by atoms with E-state index in [0.717, 1.165) is 17.4 Å². The van der Waals surface area contributed by atoms with E-state index >= 15 is 0 Å². The van der Waals surface area contributed by atoms with Gasteiger partial charge in [0.15, 0.2) is 9.84 Å². The normalized spacial score (nSPS) is 17.9. The number of rotatable bonds is 5. The van der Waals surface area contributed by atoms with Crippen molar-refractivity contribution in [2.24, 2.45) is 0 Å². The Morgan fingerprint density at radius 1 is 1.17 bits per heavy atom. The monoisotopic (exact) mass is 442 g/mol. The molecule has 1 aromatic heterocycles. The molecule has 1 unspecified atom stereocenters. The molecule has 0 bridgehead atoms. The molecule has 30 heavy (non-hydrogen) atoms. The molecule has 4 rings (SSSR count). The number of hydrogen-bond donors (Lipinski definition) is 0. The highest BCUT2D eigenvalue weighted by Crippen LogP contribution is 2.31. The van der Waals surface area contributed by atoms with E-state index in [-0.39, 0.29) is 23.5 Å². The number of carbonyl (C=O) groups excluding carboxylic acids is 1. The van der Waals surface area contributed by atoms with Crippen molar-refractivity contribution in [3.63, 3.8) is 0 Å². The third kappa shape index (κ3) is 4.07. The smallest absolute Gasteiger partial charge is 0.254 e. The Kier molecular flexibility index (Phi) is 5.80. The minimum atomic E-state index is -3.10. The van der Waals surface area contributed by atoms with Gasteiger partial charge in [0, 0.05) is 28.6 Å². The number of fused-ring (bicyclic) bond motifs is 1. The number of sulfone groups is 1. The molecule has 0 radical (unpaired) electrons. The summed E-state index contributed by atoms with van der Waals surface area (Å²) in [6.07, 6.45) is 1.23. The molecule has 156 valence electrons. The molecule has 2 aromatic carbocycles. The summed E-state index contributed by atoms with van der Waals surface area (Å²) in [5.74, 6) is -0.00226. The first-order valence-electron chi connectivity index (χ1n) is 10.1. The number of nitrogens with zero attached hydrogens (tertiary/aromatic N) is 2. The van der Waals surface area contributed by atoms with Gasteiger partial charge in [-0.25, -0.2) is 13.4 Å². The van der Waals surface area contributed by atoms with Crippen LogP contribution in [-0.2, 0) is 9.84 Å². The quantitative estimate of drug-likeness (QED) is 0.579. The van der Waals surface area contributed by atoms with Gasteiger partial charge in [0.1, 0.15) is 0 Å². The van der Waals surface area contributed by atoms with Crippen LogP contribution in [0.4, 0.5) is 0 Å². The molecule has 1 aliphatic heterocycles. The van der Waals surface area contributed by atoms with Crippen molar-refractivity contribution in [3.8, 4) is 11.3 Å². The molecule has 1 atom stereocenters. The Morgan fingerprint density at radius 2 is 1.90 bits per heavy atom. The predicted octanol–water partition coefficient (Wildman–Crippen LogP) is 4.59. The number of pyridine rings is 1. The first-order valence-corrected chi connectivity index (χ1v) is 12.3. The molecule has 1 amide bonds. The van der Waals surface area contributed by atoms with Crippen molar-refractivity contribution in [1.82, 2.24) is 9.88 Å². The van der Waals surface area contributed by atoms with Gasteiger partial charge < -0.3 is 4.90 Å². The van der Waals surface area contributed by atoms with E-state index in [1.807, 2.05) is 49.4 Å². The van der Waals surface area contributed by atoms with E-state index in [1.54, 1.807) is 17.0 Å². The Hall–Kier alpha value is -2.44. The molecule has 3 aromatic rings. The van der Waals surface area contributed by atoms with Crippen LogP contribution in [0.1, 0.15) is 30.1 Å². The molecule has 1 saturated heterocycles. The summed E-state index contributed by atoms with van der Waals surface area (Å²) in [4.78, 5) is 20.1. The number of para-hydroxylation sites is 1. The fourth-order valence-electron chi connectivity index (χ4n) is 4.03. The zero-order chi connectivity index (χ0) is 21.3. The summed E-state index contributed by atoms with van der Waals surface area (Å²) in [7, 11) is -3.10. The lowest BCUT2D eigenvalue weighted by Crippen LogP contribution is -2.41. The molecular weight excluding hydrogens is 420 g/mol. The molecule has 5 nitrogen and oxygen atoms in total. The van der Waals surface area contributed by atoms with Crippen molar-refractivity contribution in [1.29, 1.82) is 0 Å². The van der Waals surface area contributed by atoms with E-state index in [1.165, 1.54) is 0 Å². The van der Waals surface area contributed by atoms with Gasteiger partial charge in [-0.2, -0.15) is 0 Å². The van der Waals surface area contributed by atoms with Gasteiger partial charge >= 0.3 is 0 Å². The fraction of sp³-hybridized carbons (Fsp3) is 0.304. The molecule has 2 heterocycles. The maximum atomic E-state index is 13.7. The predicted molar refractivity (Wildman–Crippen MR) is 121 cm³/mol. The van der Waals surface area contributed by atoms with Crippen LogP contribution in [0.25, 0.3) is 22.2 Å². The minimum Gasteiger partial charge on any atom is -0.335 e. The maximum Gasteiger partial charge on any atom is 0.254 e. The largest absolute Gasteiger partial charge is 0.335 e. The number of benzene rings is 2. The average Bonchev–Trinajstić information content (AvgIpc) is 3.10. The second kappa shape index (κ2) is 8.36. The van der Waals surface area contributed by atoms with Gasteiger partial charge in [0.05, 0.1) is 28.3 Å². The molecule has 0 spiro atoms. The Labute approximate surface area is 181 Å². The van der Waals surface area contributed by atoms with Crippen LogP contribution in [0.2, 0.25) is 5.02 Å². The zero-order valence-corrected chi connectivity index (χ0v) is 18.3. The van der Waals surface area contributed by atoms with E-state index in [0.29, 0.717) is 34.8 Å². The summed E-state index contributed by atoms with van der Waals surface area (Å²) in [5, 5.41) is 1.31. The third-order valence-corrected chi connectivity index (χ3v) is 7.55. The van der Waals surface area contributed by atoms with E-state index in [4.69, 9.17) is 16.6 Å². The van der Waals surface area contributed by atoms with E-state index in [9.17, 15) is 13.2 Å². The summed E-state index contributed by atoms with van der Waals surface area (Å²) in [5.41, 5.74) is 2.60. The first-order chi connectivity index (χ1) is 14.4. The highest BCUT2D eigenvalue weighted by molar-refractivity contribution is 7.91. The van der Waals surface area contributed by atoms with Gasteiger partial charge in [-0.3, -0.25) is 4.79 Å². The molecule has 0 aliphatic carbocycles. The van der Waals surface area contributed by atoms with Gasteiger partial charge in [-0.05, 0) is 31.0 Å². The van der Waals surface area contributed by atoms with Crippen LogP contribution < -0.4 is 0 Å². The number of carbonyl (C=O) groups is 1. The SMILES string of the molecule is CCCN(C(=O)c1cc(-c2ccccc2Cl)nc2ccccc12)C1CCS(=O)(=O)C1. The number of halogens is 1. The number of hydrogen-bond acceptors (Lipinski definition) is 4. The van der Waals surface area contributed by atoms with Crippen molar-refractivity contribution < 1.29 is 13.2 Å². The summed E-state index contributed by atoms with van der Waals surface area (Å²) in [6.45, 7) is 2.50. The van der Waals surface area contributed by atoms with Crippen LogP contribution in [0, 0.1) is 0 Å². The van der Waals surface area contributed by atoms with Crippen molar-refractivity contribution in [2.45, 2.75) is 25.8 Å². The highest BCUT2D eigenvalue weighted by Gasteiger charge is 2.35. The van der Waals surface area contributed by atoms with Gasteiger partial charge in [-0.1, -0.05) is 54.9 Å². The first kappa shape index (κ1) is 20.8. The van der Waals surface area contributed by atoms with Crippen molar-refractivity contribution in [2.75, 3.05) is 18.1 Å².